The van der Waals surface area contributed by atoms with E-state index in [0.29, 0.717) is 6.04 Å². The Bertz CT molecular complexity index is 248. The summed E-state index contributed by atoms with van der Waals surface area (Å²) in [6.45, 7) is 1.98. The van der Waals surface area contributed by atoms with E-state index in [0.717, 1.165) is 32.4 Å². The number of amides is 1. The van der Waals surface area contributed by atoms with Gasteiger partial charge in [0.15, 0.2) is 0 Å². The fourth-order valence-corrected chi connectivity index (χ4v) is 2.66. The van der Waals surface area contributed by atoms with Gasteiger partial charge in [-0.05, 0) is 25.8 Å². The minimum Gasteiger partial charge on any atom is -0.347 e. The molecule has 1 N–H and O–H groups in total. The van der Waals surface area contributed by atoms with Crippen molar-refractivity contribution in [2.24, 2.45) is 0 Å². The molecule has 5 heteroatoms. The normalized spacial score (nSPS) is 31.7. The highest BCUT2D eigenvalue weighted by molar-refractivity contribution is 5.79. The molecule has 2 aliphatic heterocycles. The fourth-order valence-electron chi connectivity index (χ4n) is 2.66. The summed E-state index contributed by atoms with van der Waals surface area (Å²) in [6, 6.07) is 0.230. The molecule has 2 atom stereocenters. The van der Waals surface area contributed by atoms with Crippen molar-refractivity contribution in [1.82, 2.24) is 10.2 Å². The Kier molecular flexibility index (Phi) is 3.19. The first kappa shape index (κ1) is 10.8. The minimum atomic E-state index is -2.89. The van der Waals surface area contributed by atoms with Gasteiger partial charge in [0.05, 0.1) is 0 Å². The van der Waals surface area contributed by atoms with Crippen molar-refractivity contribution in [2.45, 2.75) is 44.2 Å². The van der Waals surface area contributed by atoms with Gasteiger partial charge in [-0.1, -0.05) is 6.42 Å². The maximum Gasteiger partial charge on any atom is 0.315 e. The van der Waals surface area contributed by atoms with Gasteiger partial charge in [0.1, 0.15) is 0 Å². The molecule has 0 aromatic heterocycles. The Balaban J connectivity index is 1.90. The number of nitrogens with zero attached hydrogens (tertiary/aromatic N) is 1. The lowest BCUT2D eigenvalue weighted by molar-refractivity contribution is -0.132. The Morgan fingerprint density at radius 1 is 1.27 bits per heavy atom. The second kappa shape index (κ2) is 4.43. The average Bonchev–Trinajstić information content (AvgIpc) is 2.62. The van der Waals surface area contributed by atoms with E-state index in [4.69, 9.17) is 0 Å². The van der Waals surface area contributed by atoms with Gasteiger partial charge >= 0.3 is 6.43 Å². The van der Waals surface area contributed by atoms with Gasteiger partial charge in [0.25, 0.3) is 5.91 Å². The molecule has 2 fully saturated rings. The second-order valence-electron chi connectivity index (χ2n) is 4.30. The zero-order valence-electron chi connectivity index (χ0n) is 8.59. The third-order valence-electron chi connectivity index (χ3n) is 3.38. The van der Waals surface area contributed by atoms with Crippen LogP contribution in [0.15, 0.2) is 0 Å². The highest BCUT2D eigenvalue weighted by Gasteiger charge is 2.37. The quantitative estimate of drug-likeness (QED) is 0.749. The number of alkyl halides is 2. The van der Waals surface area contributed by atoms with Crippen LogP contribution < -0.4 is 5.32 Å². The standard InChI is InChI=1S/C10H16F2N2O/c11-9(12)10(15)13-7-4-6-14-5-2-1-3-8(7)14/h7-9H,1-6H2,(H,13,15). The molecule has 0 aromatic carbocycles. The van der Waals surface area contributed by atoms with Crippen LogP contribution >= 0.6 is 0 Å². The first-order chi connectivity index (χ1) is 7.18. The number of nitrogens with one attached hydrogen (secondary N) is 1. The van der Waals surface area contributed by atoms with Gasteiger partial charge in [-0.25, -0.2) is 0 Å². The van der Waals surface area contributed by atoms with E-state index in [9.17, 15) is 13.6 Å². The second-order valence-corrected chi connectivity index (χ2v) is 4.30. The first-order valence-electron chi connectivity index (χ1n) is 5.51. The Labute approximate surface area is 87.8 Å². The zero-order valence-corrected chi connectivity index (χ0v) is 8.59. The molecule has 2 saturated heterocycles. The van der Waals surface area contributed by atoms with Crippen LogP contribution in [0.4, 0.5) is 8.78 Å². The lowest BCUT2D eigenvalue weighted by Crippen LogP contribution is -2.48. The molecular formula is C10H16F2N2O. The van der Waals surface area contributed by atoms with E-state index in [2.05, 4.69) is 10.2 Å². The summed E-state index contributed by atoms with van der Waals surface area (Å²) in [5, 5.41) is 2.45. The van der Waals surface area contributed by atoms with Crippen molar-refractivity contribution in [2.75, 3.05) is 13.1 Å². The van der Waals surface area contributed by atoms with Crippen LogP contribution in [0.5, 0.6) is 0 Å². The van der Waals surface area contributed by atoms with E-state index in [1.807, 2.05) is 0 Å². The molecule has 0 aromatic rings. The van der Waals surface area contributed by atoms with E-state index in [1.54, 1.807) is 0 Å². The van der Waals surface area contributed by atoms with Crippen LogP contribution in [0.3, 0.4) is 0 Å². The summed E-state index contributed by atoms with van der Waals surface area (Å²) in [7, 11) is 0. The van der Waals surface area contributed by atoms with Crippen LogP contribution in [0.2, 0.25) is 0 Å². The molecule has 86 valence electrons. The SMILES string of the molecule is O=C(NC1CCN2CCCCC12)C(F)F. The minimum absolute atomic E-state index is 0.0631. The summed E-state index contributed by atoms with van der Waals surface area (Å²) in [5.41, 5.74) is 0. The predicted octanol–water partition coefficient (Wildman–Crippen LogP) is 0.994. The largest absolute Gasteiger partial charge is 0.347 e. The Morgan fingerprint density at radius 3 is 2.80 bits per heavy atom. The molecular weight excluding hydrogens is 202 g/mol. The smallest absolute Gasteiger partial charge is 0.315 e. The maximum absolute atomic E-state index is 12.1. The predicted molar refractivity (Wildman–Crippen MR) is 51.8 cm³/mol. The number of hydrogen-bond donors (Lipinski definition) is 1. The lowest BCUT2D eigenvalue weighted by atomic mass is 9.99. The highest BCUT2D eigenvalue weighted by Crippen LogP contribution is 2.27. The average molecular weight is 218 g/mol. The zero-order chi connectivity index (χ0) is 10.8. The summed E-state index contributed by atoms with van der Waals surface area (Å²) in [5.74, 6) is -1.12. The maximum atomic E-state index is 12.1. The molecule has 0 aliphatic carbocycles. The van der Waals surface area contributed by atoms with Crippen molar-refractivity contribution in [3.8, 4) is 0 Å². The van der Waals surface area contributed by atoms with Crippen molar-refractivity contribution in [1.29, 1.82) is 0 Å². The highest BCUT2D eigenvalue weighted by atomic mass is 19.3. The van der Waals surface area contributed by atoms with Gasteiger partial charge in [-0.2, -0.15) is 8.78 Å². The monoisotopic (exact) mass is 218 g/mol. The van der Waals surface area contributed by atoms with E-state index >= 15 is 0 Å². The summed E-state index contributed by atoms with van der Waals surface area (Å²) in [4.78, 5) is 13.2. The Hall–Kier alpha value is -0.710. The van der Waals surface area contributed by atoms with E-state index < -0.39 is 12.3 Å². The number of carbonyl (C=O) groups is 1. The van der Waals surface area contributed by atoms with Gasteiger partial charge in [0.2, 0.25) is 0 Å². The number of carbonyl (C=O) groups excluding carboxylic acids is 1. The number of hydrogen-bond acceptors (Lipinski definition) is 2. The molecule has 1 amide bonds. The van der Waals surface area contributed by atoms with E-state index in [-0.39, 0.29) is 6.04 Å². The fraction of sp³-hybridized carbons (Fsp3) is 0.900. The van der Waals surface area contributed by atoms with Crippen molar-refractivity contribution < 1.29 is 13.6 Å². The van der Waals surface area contributed by atoms with Gasteiger partial charge < -0.3 is 5.32 Å². The summed E-state index contributed by atoms with van der Waals surface area (Å²) < 4.78 is 24.2. The van der Waals surface area contributed by atoms with E-state index in [1.165, 1.54) is 6.42 Å². The molecule has 0 bridgehead atoms. The van der Waals surface area contributed by atoms with Gasteiger partial charge in [-0.3, -0.25) is 9.69 Å². The number of piperidine rings is 1. The van der Waals surface area contributed by atoms with Crippen LogP contribution in [0, 0.1) is 0 Å². The molecule has 0 radical (unpaired) electrons. The van der Waals surface area contributed by atoms with Gasteiger partial charge in [-0.15, -0.1) is 0 Å². The molecule has 2 aliphatic rings. The Morgan fingerprint density at radius 2 is 2.07 bits per heavy atom. The molecule has 0 spiro atoms. The molecule has 2 heterocycles. The third kappa shape index (κ3) is 2.27. The molecule has 0 saturated carbocycles. The van der Waals surface area contributed by atoms with Crippen LogP contribution in [0.1, 0.15) is 25.7 Å². The number of halogens is 2. The first-order valence-corrected chi connectivity index (χ1v) is 5.51. The van der Waals surface area contributed by atoms with Crippen LogP contribution in [0.25, 0.3) is 0 Å². The molecule has 3 nitrogen and oxygen atoms in total. The molecule has 15 heavy (non-hydrogen) atoms. The summed E-state index contributed by atoms with van der Waals surface area (Å²) >= 11 is 0. The van der Waals surface area contributed by atoms with Gasteiger partial charge in [0, 0.05) is 18.6 Å². The lowest BCUT2D eigenvalue weighted by Gasteiger charge is -2.32. The third-order valence-corrected chi connectivity index (χ3v) is 3.38. The topological polar surface area (TPSA) is 32.3 Å². The molecule has 2 rings (SSSR count). The van der Waals surface area contributed by atoms with Crippen molar-refractivity contribution in [3.63, 3.8) is 0 Å². The van der Waals surface area contributed by atoms with Crippen LogP contribution in [-0.2, 0) is 4.79 Å². The van der Waals surface area contributed by atoms with Crippen LogP contribution in [-0.4, -0.2) is 42.4 Å². The van der Waals surface area contributed by atoms with Crippen molar-refractivity contribution in [3.05, 3.63) is 0 Å². The number of fused-ring (bicyclic) bond motifs is 1. The molecule has 2 unspecified atom stereocenters. The van der Waals surface area contributed by atoms with Crippen molar-refractivity contribution >= 4 is 5.91 Å². The summed E-state index contributed by atoms with van der Waals surface area (Å²) in [6.07, 6.45) is 1.27. The number of rotatable bonds is 2.